The lowest BCUT2D eigenvalue weighted by Gasteiger charge is -2.14. The summed E-state index contributed by atoms with van der Waals surface area (Å²) in [7, 11) is 1.59. The molecule has 0 saturated carbocycles. The quantitative estimate of drug-likeness (QED) is 0.398. The van der Waals surface area contributed by atoms with E-state index >= 15 is 0 Å². The van der Waals surface area contributed by atoms with E-state index in [0.717, 1.165) is 26.5 Å². The number of carboxylic acid groups (broad SMARTS) is 1. The molecule has 29 heavy (non-hydrogen) atoms. The molecule has 0 spiro atoms. The van der Waals surface area contributed by atoms with Gasteiger partial charge in [0.05, 0.1) is 16.8 Å². The molecule has 3 aromatic heterocycles. The Morgan fingerprint density at radius 1 is 1.14 bits per heavy atom. The summed E-state index contributed by atoms with van der Waals surface area (Å²) >= 11 is 2.71. The summed E-state index contributed by atoms with van der Waals surface area (Å²) in [6.45, 7) is 2.21. The van der Waals surface area contributed by atoms with Gasteiger partial charge >= 0.3 is 5.97 Å². The van der Waals surface area contributed by atoms with Crippen LogP contribution < -0.4 is 10.6 Å². The van der Waals surface area contributed by atoms with Gasteiger partial charge in [-0.2, -0.15) is 0 Å². The van der Waals surface area contributed by atoms with Crippen LogP contribution in [0.4, 0.5) is 21.9 Å². The van der Waals surface area contributed by atoms with Crippen molar-refractivity contribution in [3.63, 3.8) is 0 Å². The van der Waals surface area contributed by atoms with E-state index in [4.69, 9.17) is 9.84 Å². The van der Waals surface area contributed by atoms with Crippen molar-refractivity contribution in [2.24, 2.45) is 0 Å². The average molecular weight is 428 g/mol. The topological polar surface area (TPSA) is 122 Å². The fourth-order valence-electron chi connectivity index (χ4n) is 2.65. The van der Waals surface area contributed by atoms with Gasteiger partial charge in [0.15, 0.2) is 27.6 Å². The second-order valence-corrected chi connectivity index (χ2v) is 7.90. The molecule has 0 unspecified atom stereocenters. The minimum atomic E-state index is -1.08. The molecule has 9 nitrogen and oxygen atoms in total. The molecule has 0 bridgehead atoms. The maximum atomic E-state index is 11.0. The van der Waals surface area contributed by atoms with E-state index in [1.807, 2.05) is 31.2 Å². The van der Waals surface area contributed by atoms with Crippen LogP contribution in [0.15, 0.2) is 29.6 Å². The van der Waals surface area contributed by atoms with Crippen LogP contribution >= 0.6 is 22.7 Å². The first-order chi connectivity index (χ1) is 14.0. The smallest absolute Gasteiger partial charge is 0.355 e. The van der Waals surface area contributed by atoms with E-state index in [0.29, 0.717) is 23.4 Å². The van der Waals surface area contributed by atoms with Gasteiger partial charge < -0.3 is 20.5 Å². The third kappa shape index (κ3) is 4.01. The predicted octanol–water partition coefficient (Wildman–Crippen LogP) is 4.18. The van der Waals surface area contributed by atoms with Crippen molar-refractivity contribution in [1.29, 1.82) is 0 Å². The zero-order valence-corrected chi connectivity index (χ0v) is 17.1. The number of methoxy groups -OCH3 is 1. The Bertz CT molecular complexity index is 1160. The predicted molar refractivity (Wildman–Crippen MR) is 113 cm³/mol. The van der Waals surface area contributed by atoms with Crippen molar-refractivity contribution in [2.75, 3.05) is 17.7 Å². The summed E-state index contributed by atoms with van der Waals surface area (Å²) in [6, 6.07) is 7.89. The highest BCUT2D eigenvalue weighted by molar-refractivity contribution is 7.22. The molecule has 148 valence electrons. The first-order valence-electron chi connectivity index (χ1n) is 8.48. The van der Waals surface area contributed by atoms with Gasteiger partial charge in [0.25, 0.3) is 0 Å². The third-order valence-corrected chi connectivity index (χ3v) is 5.81. The number of anilines is 4. The normalized spacial score (nSPS) is 11.0. The molecule has 0 aliphatic heterocycles. The van der Waals surface area contributed by atoms with Crippen LogP contribution in [0.2, 0.25) is 0 Å². The fourth-order valence-corrected chi connectivity index (χ4v) is 4.20. The van der Waals surface area contributed by atoms with Crippen molar-refractivity contribution in [3.05, 3.63) is 46.5 Å². The lowest BCUT2D eigenvalue weighted by Crippen LogP contribution is -2.08. The van der Waals surface area contributed by atoms with E-state index in [9.17, 15) is 4.79 Å². The van der Waals surface area contributed by atoms with Gasteiger partial charge in [0.2, 0.25) is 0 Å². The Hall–Kier alpha value is -3.15. The molecule has 4 aromatic rings. The number of hydrogen-bond acceptors (Lipinski definition) is 10. The van der Waals surface area contributed by atoms with Crippen LogP contribution in [0.1, 0.15) is 21.6 Å². The molecule has 0 fully saturated rings. The highest BCUT2D eigenvalue weighted by atomic mass is 32.1. The second-order valence-electron chi connectivity index (χ2n) is 6.01. The molecule has 0 saturated heterocycles. The Morgan fingerprint density at radius 2 is 1.90 bits per heavy atom. The number of aromatic carboxylic acids is 1. The molecule has 11 heteroatoms. The third-order valence-electron chi connectivity index (χ3n) is 4.10. The average Bonchev–Trinajstić information content (AvgIpc) is 3.33. The van der Waals surface area contributed by atoms with Crippen molar-refractivity contribution in [2.45, 2.75) is 13.5 Å². The molecule has 4 rings (SSSR count). The monoisotopic (exact) mass is 428 g/mol. The number of carboxylic acids is 1. The molecule has 0 amide bonds. The van der Waals surface area contributed by atoms with E-state index in [2.05, 4.69) is 30.8 Å². The summed E-state index contributed by atoms with van der Waals surface area (Å²) in [5.41, 5.74) is 2.53. The Balaban J connectivity index is 1.63. The van der Waals surface area contributed by atoms with Crippen molar-refractivity contribution >= 4 is 60.8 Å². The maximum Gasteiger partial charge on any atom is 0.355 e. The van der Waals surface area contributed by atoms with Crippen LogP contribution in [0.5, 0.6) is 0 Å². The first kappa shape index (κ1) is 19.2. The summed E-state index contributed by atoms with van der Waals surface area (Å²) in [6.07, 6.45) is 0. The summed E-state index contributed by atoms with van der Waals surface area (Å²) < 4.78 is 6.40. The molecule has 0 aliphatic rings. The summed E-state index contributed by atoms with van der Waals surface area (Å²) in [5.74, 6) is -0.0402. The molecule has 3 N–H and O–H groups in total. The number of nitrogens with zero attached hydrogens (tertiary/aromatic N) is 4. The molecule has 0 atom stereocenters. The Labute approximate surface area is 173 Å². The van der Waals surface area contributed by atoms with Crippen molar-refractivity contribution in [1.82, 2.24) is 20.2 Å². The number of carbonyl (C=O) groups is 1. The first-order valence-corrected chi connectivity index (χ1v) is 10.2. The number of ether oxygens (including phenoxy) is 1. The van der Waals surface area contributed by atoms with E-state index in [-0.39, 0.29) is 5.69 Å². The number of nitrogens with one attached hydrogen (secondary N) is 2. The standard InChI is InChI=1S/C18H16N6O3S2/c1-9-10(7-27-2)15(22-17-20-12(8-28-17)16(25)26)24-23-14(9)21-18-19-11-5-3-4-6-13(11)29-18/h3-6,8H,7H2,1-2H3,(H,25,26)(H,19,21,23)(H,20,22,24). The highest BCUT2D eigenvalue weighted by Crippen LogP contribution is 2.31. The minimum absolute atomic E-state index is 0.0235. The zero-order chi connectivity index (χ0) is 20.4. The van der Waals surface area contributed by atoms with Gasteiger partial charge in [0.1, 0.15) is 0 Å². The Kier molecular flexibility index (Phi) is 5.34. The summed E-state index contributed by atoms with van der Waals surface area (Å²) in [4.78, 5) is 19.6. The van der Waals surface area contributed by atoms with Gasteiger partial charge in [0, 0.05) is 23.6 Å². The fraction of sp³-hybridized carbons (Fsp3) is 0.167. The minimum Gasteiger partial charge on any atom is -0.476 e. The van der Waals surface area contributed by atoms with E-state index in [1.165, 1.54) is 28.1 Å². The van der Waals surface area contributed by atoms with Crippen LogP contribution in [-0.2, 0) is 11.3 Å². The van der Waals surface area contributed by atoms with Crippen LogP contribution in [0, 0.1) is 6.92 Å². The van der Waals surface area contributed by atoms with Crippen LogP contribution in [0.25, 0.3) is 10.2 Å². The number of fused-ring (bicyclic) bond motifs is 1. The van der Waals surface area contributed by atoms with Gasteiger partial charge in [-0.25, -0.2) is 14.8 Å². The van der Waals surface area contributed by atoms with Crippen molar-refractivity contribution < 1.29 is 14.6 Å². The molecular weight excluding hydrogens is 412 g/mol. The molecular formula is C18H16N6O3S2. The molecule has 0 radical (unpaired) electrons. The van der Waals surface area contributed by atoms with Crippen molar-refractivity contribution in [3.8, 4) is 0 Å². The lowest BCUT2D eigenvalue weighted by atomic mass is 10.1. The maximum absolute atomic E-state index is 11.0. The largest absolute Gasteiger partial charge is 0.476 e. The second kappa shape index (κ2) is 8.07. The molecule has 3 heterocycles. The van der Waals surface area contributed by atoms with Gasteiger partial charge in [-0.3, -0.25) is 0 Å². The van der Waals surface area contributed by atoms with Crippen LogP contribution in [0.3, 0.4) is 0 Å². The summed E-state index contributed by atoms with van der Waals surface area (Å²) in [5, 5.41) is 26.4. The Morgan fingerprint density at radius 3 is 2.62 bits per heavy atom. The van der Waals surface area contributed by atoms with Crippen LogP contribution in [-0.4, -0.2) is 38.4 Å². The van der Waals surface area contributed by atoms with Gasteiger partial charge in [-0.15, -0.1) is 21.5 Å². The van der Waals surface area contributed by atoms with E-state index < -0.39 is 5.97 Å². The number of aromatic nitrogens is 4. The van der Waals surface area contributed by atoms with Gasteiger partial charge in [-0.05, 0) is 19.1 Å². The number of hydrogen-bond donors (Lipinski definition) is 3. The highest BCUT2D eigenvalue weighted by Gasteiger charge is 2.17. The van der Waals surface area contributed by atoms with E-state index in [1.54, 1.807) is 7.11 Å². The lowest BCUT2D eigenvalue weighted by molar-refractivity contribution is 0.0691. The number of para-hydroxylation sites is 1. The molecule has 0 aliphatic carbocycles. The number of benzene rings is 1. The zero-order valence-electron chi connectivity index (χ0n) is 15.5. The molecule has 1 aromatic carbocycles. The number of thiazole rings is 2. The van der Waals surface area contributed by atoms with Gasteiger partial charge in [-0.1, -0.05) is 23.5 Å². The SMILES string of the molecule is COCc1c(Nc2nc(C(=O)O)cs2)nnc(Nc2nc3ccccc3s2)c1C. The number of rotatable bonds is 7.